The van der Waals surface area contributed by atoms with E-state index in [1.807, 2.05) is 18.5 Å². The van der Waals surface area contributed by atoms with Crippen molar-refractivity contribution in [1.29, 1.82) is 0 Å². The number of hydrogen-bond acceptors (Lipinski definition) is 3. The Hall–Kier alpha value is -1.87. The summed E-state index contributed by atoms with van der Waals surface area (Å²) >= 11 is 0. The zero-order valence-corrected chi connectivity index (χ0v) is 18.5. The Morgan fingerprint density at radius 1 is 0.893 bits per heavy atom. The van der Waals surface area contributed by atoms with E-state index in [4.69, 9.17) is 4.74 Å². The van der Waals surface area contributed by atoms with E-state index < -0.39 is 0 Å². The van der Waals surface area contributed by atoms with Crippen molar-refractivity contribution in [2.24, 2.45) is 0 Å². The van der Waals surface area contributed by atoms with E-state index in [-0.39, 0.29) is 10.8 Å². The van der Waals surface area contributed by atoms with Gasteiger partial charge in [-0.2, -0.15) is 0 Å². The van der Waals surface area contributed by atoms with Crippen LogP contribution in [0.25, 0.3) is 0 Å². The number of pyridine rings is 1. The summed E-state index contributed by atoms with van der Waals surface area (Å²) in [5.41, 5.74) is 4.23. The first-order chi connectivity index (χ1) is 13.1. The molecule has 0 bridgehead atoms. The Morgan fingerprint density at radius 2 is 1.54 bits per heavy atom. The summed E-state index contributed by atoms with van der Waals surface area (Å²) in [6.45, 7) is 14.2. The van der Waals surface area contributed by atoms with Gasteiger partial charge in [0.1, 0.15) is 5.75 Å². The lowest BCUT2D eigenvalue weighted by molar-refractivity contribution is 0.116. The van der Waals surface area contributed by atoms with Gasteiger partial charge in [0.25, 0.3) is 0 Å². The molecule has 3 nitrogen and oxygen atoms in total. The molecule has 0 amide bonds. The highest BCUT2D eigenvalue weighted by Gasteiger charge is 2.26. The molecule has 1 aromatic carbocycles. The number of hydrogen-bond donors (Lipinski definition) is 1. The molecule has 0 radical (unpaired) electrons. The van der Waals surface area contributed by atoms with Crippen LogP contribution in [0, 0.1) is 0 Å². The first-order valence-electron chi connectivity index (χ1n) is 10.4. The first kappa shape index (κ1) is 22.4. The summed E-state index contributed by atoms with van der Waals surface area (Å²) in [4.78, 5) is 4.16. The minimum Gasteiger partial charge on any atom is -0.507 e. The van der Waals surface area contributed by atoms with Crippen LogP contribution in [-0.2, 0) is 28.6 Å². The normalized spacial score (nSPS) is 12.4. The second kappa shape index (κ2) is 9.56. The molecule has 0 saturated carbocycles. The van der Waals surface area contributed by atoms with E-state index >= 15 is 0 Å². The van der Waals surface area contributed by atoms with E-state index in [9.17, 15) is 5.11 Å². The van der Waals surface area contributed by atoms with Gasteiger partial charge in [-0.05, 0) is 70.5 Å². The Balaban J connectivity index is 1.88. The maximum Gasteiger partial charge on any atom is 0.123 e. The van der Waals surface area contributed by atoms with Crippen molar-refractivity contribution in [3.63, 3.8) is 0 Å². The molecular formula is C25H37NO2. The van der Waals surface area contributed by atoms with E-state index in [1.54, 1.807) is 0 Å². The largest absolute Gasteiger partial charge is 0.507 e. The second-order valence-electron chi connectivity index (χ2n) is 9.76. The summed E-state index contributed by atoms with van der Waals surface area (Å²) in [6, 6.07) is 8.33. The quantitative estimate of drug-likeness (QED) is 0.543. The molecule has 1 aromatic heterocycles. The van der Waals surface area contributed by atoms with Crippen LogP contribution in [0.5, 0.6) is 5.75 Å². The van der Waals surface area contributed by atoms with Gasteiger partial charge in [-0.1, -0.05) is 54.0 Å². The molecule has 0 aliphatic rings. The fraction of sp³-hybridized carbons (Fsp3) is 0.560. The zero-order valence-electron chi connectivity index (χ0n) is 18.5. The molecule has 0 saturated heterocycles. The van der Waals surface area contributed by atoms with Crippen molar-refractivity contribution in [3.8, 4) is 5.75 Å². The highest BCUT2D eigenvalue weighted by molar-refractivity contribution is 5.49. The van der Waals surface area contributed by atoms with E-state index in [0.29, 0.717) is 12.4 Å². The number of rotatable bonds is 8. The third-order valence-electron chi connectivity index (χ3n) is 5.03. The summed E-state index contributed by atoms with van der Waals surface area (Å²) in [5, 5.41) is 10.8. The number of aromatic hydroxyl groups is 1. The van der Waals surface area contributed by atoms with Crippen molar-refractivity contribution in [2.75, 3.05) is 6.61 Å². The predicted molar refractivity (Wildman–Crippen MR) is 117 cm³/mol. The lowest BCUT2D eigenvalue weighted by Gasteiger charge is -2.28. The van der Waals surface area contributed by atoms with Gasteiger partial charge in [-0.3, -0.25) is 4.98 Å². The fourth-order valence-corrected chi connectivity index (χ4v) is 3.37. The highest BCUT2D eigenvalue weighted by Crippen LogP contribution is 2.39. The van der Waals surface area contributed by atoms with Gasteiger partial charge in [0.15, 0.2) is 0 Å². The van der Waals surface area contributed by atoms with Crippen molar-refractivity contribution >= 4 is 0 Å². The van der Waals surface area contributed by atoms with Gasteiger partial charge in [-0.25, -0.2) is 0 Å². The average molecular weight is 384 g/mol. The molecule has 2 aromatic rings. The number of nitrogens with zero attached hydrogens (tertiary/aromatic N) is 1. The van der Waals surface area contributed by atoms with Crippen molar-refractivity contribution in [2.45, 2.75) is 84.7 Å². The number of aryl methyl sites for hydroxylation is 1. The maximum absolute atomic E-state index is 10.8. The SMILES string of the molecule is CC(C)(C)c1cc(COCCCCCc2cccnc2)cc(C(C)(C)C)c1O. The third kappa shape index (κ3) is 6.63. The van der Waals surface area contributed by atoms with Crippen LogP contribution in [0.3, 0.4) is 0 Å². The molecule has 3 heteroatoms. The molecule has 154 valence electrons. The van der Waals surface area contributed by atoms with Crippen LogP contribution in [0.2, 0.25) is 0 Å². The molecule has 2 rings (SSSR count). The Kier molecular flexibility index (Phi) is 7.65. The summed E-state index contributed by atoms with van der Waals surface area (Å²) in [5.74, 6) is 0.430. The second-order valence-corrected chi connectivity index (χ2v) is 9.76. The van der Waals surface area contributed by atoms with E-state index in [1.165, 1.54) is 5.56 Å². The number of aromatic nitrogens is 1. The molecular weight excluding hydrogens is 346 g/mol. The molecule has 28 heavy (non-hydrogen) atoms. The van der Waals surface area contributed by atoms with Crippen LogP contribution in [0.15, 0.2) is 36.7 Å². The Labute approximate surface area is 171 Å². The minimum atomic E-state index is -0.105. The molecule has 0 aliphatic carbocycles. The monoisotopic (exact) mass is 383 g/mol. The topological polar surface area (TPSA) is 42.4 Å². The predicted octanol–water partition coefficient (Wildman–Crippen LogP) is 6.31. The molecule has 0 unspecified atom stereocenters. The van der Waals surface area contributed by atoms with Gasteiger partial charge < -0.3 is 9.84 Å². The van der Waals surface area contributed by atoms with Crippen molar-refractivity contribution in [3.05, 3.63) is 58.9 Å². The van der Waals surface area contributed by atoms with Gasteiger partial charge in [0.2, 0.25) is 0 Å². The molecule has 0 atom stereocenters. The zero-order chi connectivity index (χ0) is 20.8. The van der Waals surface area contributed by atoms with Gasteiger partial charge in [-0.15, -0.1) is 0 Å². The first-order valence-corrected chi connectivity index (χ1v) is 10.4. The standard InChI is InChI=1S/C25H37NO2/c1-24(2,3)21-15-20(16-22(23(21)27)25(4,5)6)18-28-14-9-7-8-11-19-12-10-13-26-17-19/h10,12-13,15-17,27H,7-9,11,14,18H2,1-6H3. The molecule has 0 spiro atoms. The molecule has 1 N–H and O–H groups in total. The van der Waals surface area contributed by atoms with Crippen molar-refractivity contribution < 1.29 is 9.84 Å². The lowest BCUT2D eigenvalue weighted by atomic mass is 9.78. The summed E-state index contributed by atoms with van der Waals surface area (Å²) in [7, 11) is 0. The highest BCUT2D eigenvalue weighted by atomic mass is 16.5. The number of phenolic OH excluding ortho intramolecular Hbond substituents is 1. The Bertz CT molecular complexity index is 704. The van der Waals surface area contributed by atoms with Crippen LogP contribution >= 0.6 is 0 Å². The Morgan fingerprint density at radius 3 is 2.07 bits per heavy atom. The van der Waals surface area contributed by atoms with Gasteiger partial charge in [0, 0.05) is 19.0 Å². The van der Waals surface area contributed by atoms with Gasteiger partial charge in [0.05, 0.1) is 6.61 Å². The van der Waals surface area contributed by atoms with Crippen molar-refractivity contribution in [1.82, 2.24) is 4.98 Å². The number of unbranched alkanes of at least 4 members (excludes halogenated alkanes) is 2. The molecule has 0 fully saturated rings. The van der Waals surface area contributed by atoms with E-state index in [2.05, 4.69) is 64.7 Å². The molecule has 1 heterocycles. The number of ether oxygens (including phenoxy) is 1. The maximum atomic E-state index is 10.8. The summed E-state index contributed by atoms with van der Waals surface area (Å²) in [6.07, 6.45) is 8.23. The summed E-state index contributed by atoms with van der Waals surface area (Å²) < 4.78 is 5.95. The average Bonchev–Trinajstić information content (AvgIpc) is 2.61. The van der Waals surface area contributed by atoms with E-state index in [0.717, 1.165) is 49.0 Å². The van der Waals surface area contributed by atoms with Gasteiger partial charge >= 0.3 is 0 Å². The number of phenols is 1. The third-order valence-corrected chi connectivity index (χ3v) is 5.03. The fourth-order valence-electron chi connectivity index (χ4n) is 3.37. The van der Waals surface area contributed by atoms with Crippen LogP contribution in [-0.4, -0.2) is 16.7 Å². The van der Waals surface area contributed by atoms with Crippen LogP contribution in [0.1, 0.15) is 83.1 Å². The number of benzene rings is 1. The minimum absolute atomic E-state index is 0.105. The van der Waals surface area contributed by atoms with Crippen LogP contribution < -0.4 is 0 Å². The lowest BCUT2D eigenvalue weighted by Crippen LogP contribution is -2.18. The van der Waals surface area contributed by atoms with Crippen LogP contribution in [0.4, 0.5) is 0 Å². The molecule has 0 aliphatic heterocycles. The smallest absolute Gasteiger partial charge is 0.123 e.